The molecule has 0 unspecified atom stereocenters. The van der Waals surface area contributed by atoms with Gasteiger partial charge in [-0.3, -0.25) is 19.6 Å². The number of hydrogen-bond donors (Lipinski definition) is 1. The van der Waals surface area contributed by atoms with Crippen LogP contribution in [0.4, 0.5) is 11.5 Å². The van der Waals surface area contributed by atoms with E-state index in [4.69, 9.17) is 5.41 Å². The van der Waals surface area contributed by atoms with E-state index < -0.39 is 0 Å². The first kappa shape index (κ1) is 22.0. The number of hydrogen-bond acceptors (Lipinski definition) is 5. The zero-order valence-electron chi connectivity index (χ0n) is 18.8. The van der Waals surface area contributed by atoms with Crippen LogP contribution in [0, 0.1) is 5.41 Å². The summed E-state index contributed by atoms with van der Waals surface area (Å²) in [6, 6.07) is 5.51. The second kappa shape index (κ2) is 9.51. The Morgan fingerprint density at radius 2 is 1.84 bits per heavy atom. The third-order valence-corrected chi connectivity index (χ3v) is 6.36. The summed E-state index contributed by atoms with van der Waals surface area (Å²) in [6.07, 6.45) is 10.2. The van der Waals surface area contributed by atoms with Crippen LogP contribution >= 0.6 is 0 Å². The van der Waals surface area contributed by atoms with Crippen LogP contribution in [-0.4, -0.2) is 45.9 Å². The largest absolute Gasteiger partial charge is 0.339 e. The van der Waals surface area contributed by atoms with E-state index >= 15 is 0 Å². The number of rotatable bonds is 4. The quantitative estimate of drug-likeness (QED) is 0.737. The summed E-state index contributed by atoms with van der Waals surface area (Å²) in [7, 11) is 0. The van der Waals surface area contributed by atoms with Crippen molar-refractivity contribution in [3.8, 4) is 0 Å². The summed E-state index contributed by atoms with van der Waals surface area (Å²) < 4.78 is 1.32. The number of aryl methyl sites for hydroxylation is 1. The summed E-state index contributed by atoms with van der Waals surface area (Å²) in [5.41, 5.74) is 3.12. The summed E-state index contributed by atoms with van der Waals surface area (Å²) in [5, 5.41) is 8.34. The molecule has 2 aromatic heterocycles. The topological polar surface area (TPSA) is 82.3 Å². The Labute approximate surface area is 188 Å². The number of allylic oxidation sites excluding steroid dienone is 1. The van der Waals surface area contributed by atoms with Crippen molar-refractivity contribution in [2.75, 3.05) is 24.5 Å². The van der Waals surface area contributed by atoms with E-state index in [0.29, 0.717) is 17.6 Å². The van der Waals surface area contributed by atoms with Crippen molar-refractivity contribution in [1.82, 2.24) is 14.5 Å². The minimum absolute atomic E-state index is 0.0724. The molecule has 4 heterocycles. The van der Waals surface area contributed by atoms with Crippen LogP contribution in [0.1, 0.15) is 66.2 Å². The van der Waals surface area contributed by atoms with Crippen molar-refractivity contribution in [3.63, 3.8) is 0 Å². The average Bonchev–Trinajstić information content (AvgIpc) is 3.11. The SMILES string of the molecule is C=C(CC)C(=O)n1ccc(N2CCCc3cc(C(=O)N4CCCCCC4)cnc32)cc1=N. The maximum Gasteiger partial charge on any atom is 0.258 e. The molecule has 0 atom stereocenters. The molecule has 0 bridgehead atoms. The number of anilines is 2. The van der Waals surface area contributed by atoms with Crippen molar-refractivity contribution in [3.05, 3.63) is 59.4 Å². The van der Waals surface area contributed by atoms with E-state index in [1.807, 2.05) is 24.0 Å². The highest BCUT2D eigenvalue weighted by Gasteiger charge is 2.24. The standard InChI is InChI=1S/C25H31N5O2/c1-3-18(2)24(31)30-14-10-21(16-22(30)26)29-13-8-9-19-15-20(17-27-23(19)29)25(32)28-11-6-4-5-7-12-28/h10,14-17,26H,2-9,11-13H2,1H3. The summed E-state index contributed by atoms with van der Waals surface area (Å²) in [4.78, 5) is 34.1. The lowest BCUT2D eigenvalue weighted by molar-refractivity contribution is 0.0761. The third-order valence-electron chi connectivity index (χ3n) is 6.36. The summed E-state index contributed by atoms with van der Waals surface area (Å²) in [6.45, 7) is 8.08. The maximum atomic E-state index is 13.0. The van der Waals surface area contributed by atoms with Crippen LogP contribution in [0.25, 0.3) is 0 Å². The monoisotopic (exact) mass is 433 g/mol. The van der Waals surface area contributed by atoms with Gasteiger partial charge in [-0.05, 0) is 49.8 Å². The number of carbonyl (C=O) groups is 2. The van der Waals surface area contributed by atoms with Crippen molar-refractivity contribution >= 4 is 23.3 Å². The zero-order valence-corrected chi connectivity index (χ0v) is 18.8. The first-order valence-corrected chi connectivity index (χ1v) is 11.5. The van der Waals surface area contributed by atoms with Gasteiger partial charge in [0.15, 0.2) is 0 Å². The summed E-state index contributed by atoms with van der Waals surface area (Å²) in [5.74, 6) is 0.645. The Hall–Kier alpha value is -3.22. The molecule has 4 rings (SSSR count). The molecule has 2 aromatic rings. The third kappa shape index (κ3) is 4.38. The molecule has 2 aliphatic heterocycles. The average molecular weight is 434 g/mol. The molecule has 1 amide bonds. The Morgan fingerprint density at radius 1 is 1.09 bits per heavy atom. The van der Waals surface area contributed by atoms with E-state index in [9.17, 15) is 9.59 Å². The van der Waals surface area contributed by atoms with Gasteiger partial charge in [0.25, 0.3) is 11.8 Å². The van der Waals surface area contributed by atoms with Gasteiger partial charge in [-0.2, -0.15) is 0 Å². The number of nitrogens with zero attached hydrogens (tertiary/aromatic N) is 4. The van der Waals surface area contributed by atoms with Gasteiger partial charge in [0, 0.05) is 49.4 Å². The number of carbonyl (C=O) groups excluding carboxylic acids is 2. The van der Waals surface area contributed by atoms with Crippen LogP contribution in [0.5, 0.6) is 0 Å². The molecule has 0 radical (unpaired) electrons. The lowest BCUT2D eigenvalue weighted by Gasteiger charge is -2.31. The fourth-order valence-corrected chi connectivity index (χ4v) is 4.44. The highest BCUT2D eigenvalue weighted by Crippen LogP contribution is 2.31. The Morgan fingerprint density at radius 3 is 2.53 bits per heavy atom. The second-order valence-electron chi connectivity index (χ2n) is 8.57. The summed E-state index contributed by atoms with van der Waals surface area (Å²) >= 11 is 0. The fraction of sp³-hybridized carbons (Fsp3) is 0.440. The number of pyridine rings is 2. The van der Waals surface area contributed by atoms with Crippen LogP contribution in [0.15, 0.2) is 42.7 Å². The van der Waals surface area contributed by atoms with Gasteiger partial charge in [0.1, 0.15) is 11.3 Å². The molecule has 168 valence electrons. The van der Waals surface area contributed by atoms with Crippen molar-refractivity contribution in [2.24, 2.45) is 0 Å². The molecular weight excluding hydrogens is 402 g/mol. The minimum atomic E-state index is -0.252. The van der Waals surface area contributed by atoms with E-state index in [-0.39, 0.29) is 17.3 Å². The van der Waals surface area contributed by atoms with Gasteiger partial charge >= 0.3 is 0 Å². The van der Waals surface area contributed by atoms with Gasteiger partial charge in [0.2, 0.25) is 0 Å². The van der Waals surface area contributed by atoms with E-state index in [1.54, 1.807) is 18.5 Å². The van der Waals surface area contributed by atoms with Gasteiger partial charge in [-0.25, -0.2) is 4.98 Å². The van der Waals surface area contributed by atoms with Crippen molar-refractivity contribution < 1.29 is 9.59 Å². The Kier molecular flexibility index (Phi) is 6.53. The van der Waals surface area contributed by atoms with Crippen LogP contribution in [0.2, 0.25) is 0 Å². The normalized spacial score (nSPS) is 16.3. The van der Waals surface area contributed by atoms with Gasteiger partial charge in [-0.1, -0.05) is 26.3 Å². The van der Waals surface area contributed by atoms with E-state index in [0.717, 1.165) is 62.4 Å². The number of amides is 1. The van der Waals surface area contributed by atoms with E-state index in [2.05, 4.69) is 16.5 Å². The van der Waals surface area contributed by atoms with Gasteiger partial charge in [-0.15, -0.1) is 0 Å². The number of aromatic nitrogens is 2. The predicted octanol–water partition coefficient (Wildman–Crippen LogP) is 4.07. The molecule has 2 aliphatic rings. The second-order valence-corrected chi connectivity index (χ2v) is 8.57. The minimum Gasteiger partial charge on any atom is -0.339 e. The Bertz CT molecular complexity index is 1100. The van der Waals surface area contributed by atoms with Crippen molar-refractivity contribution in [2.45, 2.75) is 51.9 Å². The highest BCUT2D eigenvalue weighted by molar-refractivity contribution is 5.95. The number of fused-ring (bicyclic) bond motifs is 1. The van der Waals surface area contributed by atoms with Gasteiger partial charge < -0.3 is 9.80 Å². The maximum absolute atomic E-state index is 13.0. The van der Waals surface area contributed by atoms with Crippen LogP contribution < -0.4 is 10.4 Å². The molecule has 32 heavy (non-hydrogen) atoms. The fourth-order valence-electron chi connectivity index (χ4n) is 4.44. The molecule has 0 saturated carbocycles. The van der Waals surface area contributed by atoms with Crippen LogP contribution in [-0.2, 0) is 6.42 Å². The first-order valence-electron chi connectivity index (χ1n) is 11.5. The molecule has 1 fully saturated rings. The van der Waals surface area contributed by atoms with E-state index in [1.165, 1.54) is 17.4 Å². The molecule has 1 N–H and O–H groups in total. The molecule has 1 saturated heterocycles. The Balaban J connectivity index is 1.59. The van der Waals surface area contributed by atoms with Crippen LogP contribution in [0.3, 0.4) is 0 Å². The highest BCUT2D eigenvalue weighted by atomic mass is 16.2. The molecule has 0 spiro atoms. The number of nitrogens with one attached hydrogen (secondary N) is 1. The molecular formula is C25H31N5O2. The predicted molar refractivity (Wildman–Crippen MR) is 124 cm³/mol. The van der Waals surface area contributed by atoms with Gasteiger partial charge in [0.05, 0.1) is 5.56 Å². The first-order chi connectivity index (χ1) is 15.5. The molecule has 0 aliphatic carbocycles. The molecule has 7 heteroatoms. The smallest absolute Gasteiger partial charge is 0.258 e. The zero-order chi connectivity index (χ0) is 22.7. The number of likely N-dealkylation sites (tertiary alicyclic amines) is 1. The lowest BCUT2D eigenvalue weighted by atomic mass is 10.0. The lowest BCUT2D eigenvalue weighted by Crippen LogP contribution is -2.33. The van der Waals surface area contributed by atoms with Crippen molar-refractivity contribution in [1.29, 1.82) is 5.41 Å². The molecule has 7 nitrogen and oxygen atoms in total. The molecule has 0 aromatic carbocycles.